The highest BCUT2D eigenvalue weighted by molar-refractivity contribution is 6.39. The molecular formula is C43H35ClN4O7. The van der Waals surface area contributed by atoms with E-state index in [9.17, 15) is 24.5 Å². The third-order valence-electron chi connectivity index (χ3n) is 10.4. The zero-order valence-electron chi connectivity index (χ0n) is 29.7. The Kier molecular flexibility index (Phi) is 9.54. The van der Waals surface area contributed by atoms with Crippen molar-refractivity contribution in [3.8, 4) is 11.5 Å². The van der Waals surface area contributed by atoms with Crippen molar-refractivity contribution in [2.24, 2.45) is 0 Å². The van der Waals surface area contributed by atoms with Gasteiger partial charge in [-0.25, -0.2) is 9.69 Å². The van der Waals surface area contributed by atoms with Crippen LogP contribution in [0.2, 0.25) is 5.02 Å². The van der Waals surface area contributed by atoms with E-state index < -0.39 is 22.8 Å². The Bertz CT molecular complexity index is 2310. The highest BCUT2D eigenvalue weighted by Gasteiger charge is 2.40. The number of methoxy groups -OCH3 is 1. The fourth-order valence-corrected chi connectivity index (χ4v) is 8.18. The van der Waals surface area contributed by atoms with Crippen LogP contribution in [-0.4, -0.2) is 43.0 Å². The number of anilines is 2. The summed E-state index contributed by atoms with van der Waals surface area (Å²) < 4.78 is 11.5. The van der Waals surface area contributed by atoms with Gasteiger partial charge in [0.25, 0.3) is 17.5 Å². The van der Waals surface area contributed by atoms with E-state index >= 15 is 0 Å². The second-order valence-corrected chi connectivity index (χ2v) is 14.1. The molecule has 0 aromatic heterocycles. The lowest BCUT2D eigenvalue weighted by atomic mass is 9.76. The van der Waals surface area contributed by atoms with Crippen molar-refractivity contribution in [3.05, 3.63) is 163 Å². The van der Waals surface area contributed by atoms with E-state index in [-0.39, 0.29) is 46.2 Å². The van der Waals surface area contributed by atoms with Crippen LogP contribution in [0.5, 0.6) is 11.5 Å². The minimum absolute atomic E-state index is 0.0348. The molecule has 55 heavy (non-hydrogen) atoms. The maximum atomic E-state index is 14.4. The Balaban J connectivity index is 1.17. The van der Waals surface area contributed by atoms with Crippen molar-refractivity contribution in [2.75, 3.05) is 30.0 Å². The van der Waals surface area contributed by atoms with E-state index in [1.165, 1.54) is 31.4 Å². The molecule has 0 radical (unpaired) electrons. The lowest BCUT2D eigenvalue weighted by Gasteiger charge is -2.44. The number of carbonyl (C=O) groups excluding carboxylic acids is 3. The molecule has 0 spiro atoms. The van der Waals surface area contributed by atoms with Gasteiger partial charge in [-0.05, 0) is 76.6 Å². The molecule has 3 heterocycles. The lowest BCUT2D eigenvalue weighted by Crippen LogP contribution is -2.54. The summed E-state index contributed by atoms with van der Waals surface area (Å²) in [5, 5.41) is 13.7. The molecule has 1 saturated heterocycles. The molecule has 3 aliphatic rings. The molecule has 0 unspecified atom stereocenters. The van der Waals surface area contributed by atoms with Crippen molar-refractivity contribution in [1.82, 2.24) is 5.32 Å². The van der Waals surface area contributed by atoms with Gasteiger partial charge in [-0.2, -0.15) is 0 Å². The molecule has 5 aromatic carbocycles. The van der Waals surface area contributed by atoms with E-state index in [0.717, 1.165) is 58.8 Å². The molecular weight excluding hydrogens is 720 g/mol. The highest BCUT2D eigenvalue weighted by Crippen LogP contribution is 2.50. The predicted octanol–water partition coefficient (Wildman–Crippen LogP) is 8.38. The van der Waals surface area contributed by atoms with Crippen molar-refractivity contribution >= 4 is 52.6 Å². The van der Waals surface area contributed by atoms with Crippen LogP contribution >= 0.6 is 11.6 Å². The van der Waals surface area contributed by atoms with Gasteiger partial charge in [-0.15, -0.1) is 0 Å². The third-order valence-corrected chi connectivity index (χ3v) is 10.7. The molecule has 4 amide bonds. The number of imide groups is 2. The Morgan fingerprint density at radius 2 is 1.49 bits per heavy atom. The number of nitro benzene ring substituents is 1. The van der Waals surface area contributed by atoms with E-state index in [1.54, 1.807) is 18.2 Å². The lowest BCUT2D eigenvalue weighted by molar-refractivity contribution is -0.384. The second-order valence-electron chi connectivity index (χ2n) is 13.7. The summed E-state index contributed by atoms with van der Waals surface area (Å²) in [6.07, 6.45) is 3.10. The fourth-order valence-electron chi connectivity index (χ4n) is 7.91. The largest absolute Gasteiger partial charge is 0.493 e. The number of benzene rings is 5. The number of ether oxygens (including phenoxy) is 2. The fraction of sp³-hybridized carbons (Fsp3) is 0.186. The van der Waals surface area contributed by atoms with Gasteiger partial charge in [0.2, 0.25) is 0 Å². The van der Waals surface area contributed by atoms with Gasteiger partial charge in [0, 0.05) is 42.7 Å². The second kappa shape index (κ2) is 14.8. The smallest absolute Gasteiger partial charge is 0.335 e. The molecule has 0 saturated carbocycles. The molecule has 8 rings (SSSR count). The zero-order chi connectivity index (χ0) is 38.2. The van der Waals surface area contributed by atoms with E-state index in [4.69, 9.17) is 21.1 Å². The molecule has 5 aromatic rings. The number of carbonyl (C=O) groups is 3. The maximum absolute atomic E-state index is 14.4. The third kappa shape index (κ3) is 6.79. The van der Waals surface area contributed by atoms with E-state index in [2.05, 4.69) is 34.5 Å². The monoisotopic (exact) mass is 754 g/mol. The first-order valence-corrected chi connectivity index (χ1v) is 18.3. The van der Waals surface area contributed by atoms with Crippen molar-refractivity contribution < 1.29 is 28.8 Å². The number of halogens is 1. The molecule has 1 N–H and O–H groups in total. The number of non-ortho nitro benzene ring substituents is 1. The molecule has 11 nitrogen and oxygen atoms in total. The number of hydrogen-bond acceptors (Lipinski definition) is 8. The number of amides is 4. The van der Waals surface area contributed by atoms with Crippen molar-refractivity contribution in [3.63, 3.8) is 0 Å². The van der Waals surface area contributed by atoms with Gasteiger partial charge in [0.05, 0.1) is 22.7 Å². The minimum atomic E-state index is -0.845. The van der Waals surface area contributed by atoms with Gasteiger partial charge >= 0.3 is 6.03 Å². The van der Waals surface area contributed by atoms with Crippen LogP contribution in [0.1, 0.15) is 58.1 Å². The first kappa shape index (κ1) is 35.6. The summed E-state index contributed by atoms with van der Waals surface area (Å²) >= 11 is 6.65. The first-order chi connectivity index (χ1) is 26.7. The van der Waals surface area contributed by atoms with Crippen LogP contribution < -0.4 is 24.6 Å². The Morgan fingerprint density at radius 3 is 2.09 bits per heavy atom. The average Bonchev–Trinajstić information content (AvgIpc) is 3.19. The number of barbiturate groups is 1. The van der Waals surface area contributed by atoms with Crippen LogP contribution in [-0.2, 0) is 16.2 Å². The number of nitro groups is 1. The number of rotatable bonds is 9. The number of hydrogen-bond donors (Lipinski definition) is 1. The summed E-state index contributed by atoms with van der Waals surface area (Å²) in [4.78, 5) is 55.5. The quantitative estimate of drug-likeness (QED) is 0.0688. The number of nitrogens with zero attached hydrogens (tertiary/aromatic N) is 3. The summed E-state index contributed by atoms with van der Waals surface area (Å²) in [5.74, 6) is -1.17. The number of urea groups is 1. The molecule has 0 aliphatic carbocycles. The molecule has 276 valence electrons. The van der Waals surface area contributed by atoms with E-state index in [1.807, 2.05) is 48.5 Å². The summed E-state index contributed by atoms with van der Waals surface area (Å²) in [7, 11) is 1.41. The van der Waals surface area contributed by atoms with Crippen LogP contribution in [0.4, 0.5) is 21.9 Å². The Hall–Kier alpha value is -6.46. The minimum Gasteiger partial charge on any atom is -0.493 e. The summed E-state index contributed by atoms with van der Waals surface area (Å²) in [6, 6.07) is 32.6. The SMILES string of the molecule is COc1cc(/C=C2\C(=O)NC(=O)N(c3cc4c5c(c3)[C@@H](c3ccccc3)CCN5CC[C@@H]4c3ccccc3)C2=O)cc(Cl)c1OCc1cccc([N+](=O)[O-])c1. The summed E-state index contributed by atoms with van der Waals surface area (Å²) in [5.41, 5.74) is 6.42. The van der Waals surface area contributed by atoms with Crippen molar-refractivity contribution in [1.29, 1.82) is 0 Å². The Labute approximate surface area is 321 Å². The zero-order valence-corrected chi connectivity index (χ0v) is 30.5. The molecule has 3 aliphatic heterocycles. The van der Waals surface area contributed by atoms with Crippen LogP contribution in [0.3, 0.4) is 0 Å². The van der Waals surface area contributed by atoms with Gasteiger partial charge in [0.15, 0.2) is 11.5 Å². The van der Waals surface area contributed by atoms with Crippen LogP contribution in [0, 0.1) is 10.1 Å². The maximum Gasteiger partial charge on any atom is 0.335 e. The van der Waals surface area contributed by atoms with Gasteiger partial charge < -0.3 is 14.4 Å². The van der Waals surface area contributed by atoms with Crippen LogP contribution in [0.25, 0.3) is 6.08 Å². The van der Waals surface area contributed by atoms with Gasteiger partial charge in [0.1, 0.15) is 12.2 Å². The van der Waals surface area contributed by atoms with Gasteiger partial charge in [-0.3, -0.25) is 25.0 Å². The van der Waals surface area contributed by atoms with Crippen LogP contribution in [0.15, 0.2) is 115 Å². The van der Waals surface area contributed by atoms with Gasteiger partial charge in [-0.1, -0.05) is 84.4 Å². The predicted molar refractivity (Wildman–Crippen MR) is 209 cm³/mol. The molecule has 0 bridgehead atoms. The topological polar surface area (TPSA) is 131 Å². The standard InChI is InChI=1S/C43H35ClN4O7/c1-54-38-22-27(21-37(44)40(38)55-25-26-9-8-14-30(19-26)48(52)53)20-36-41(49)45-43(51)47(42(36)50)31-23-34-32(28-10-4-2-5-11-28)15-17-46-18-16-33(35(24-31)39(34)46)29-12-6-3-7-13-29/h2-14,19-24,32-33H,15-18,25H2,1H3,(H,45,49,51)/b36-20+/t32-,33-/m1/s1. The summed E-state index contributed by atoms with van der Waals surface area (Å²) in [6.45, 7) is 1.73. The first-order valence-electron chi connectivity index (χ1n) is 17.9. The van der Waals surface area contributed by atoms with Crippen molar-refractivity contribution in [2.45, 2.75) is 31.3 Å². The molecule has 1 fully saturated rings. The number of nitrogens with one attached hydrogen (secondary N) is 1. The Morgan fingerprint density at radius 1 is 0.855 bits per heavy atom. The molecule has 2 atom stereocenters. The highest BCUT2D eigenvalue weighted by atomic mass is 35.5. The van der Waals surface area contributed by atoms with E-state index in [0.29, 0.717) is 16.8 Å². The molecule has 12 heteroatoms. The average molecular weight is 755 g/mol. The normalized spacial score (nSPS) is 18.5.